The fourth-order valence-electron chi connectivity index (χ4n) is 15.2. The molecule has 0 radical (unpaired) electrons. The molecule has 408 valence electrons. The quantitative estimate of drug-likeness (QED) is 0.0414. The highest BCUT2D eigenvalue weighted by atomic mass is 33.1. The lowest BCUT2D eigenvalue weighted by atomic mass is 9.46. The van der Waals surface area contributed by atoms with Crippen LogP contribution in [0.1, 0.15) is 85.2 Å². The number of aliphatic hydroxyl groups is 6. The van der Waals surface area contributed by atoms with Gasteiger partial charge in [0.05, 0.1) is 24.4 Å². The largest absolute Gasteiger partial charge is 0.504 e. The molecule has 1 saturated carbocycles. The lowest BCUT2D eigenvalue weighted by molar-refractivity contribution is -0.0678. The summed E-state index contributed by atoms with van der Waals surface area (Å²) < 4.78 is 6.97. The number of fused-ring (bicyclic) bond motifs is 6. The maximum Gasteiger partial charge on any atom is 0.161 e. The molecule has 4 aromatic rings. The number of hydrogen-bond donors (Lipinski definition) is 10. The average Bonchev–Trinajstić information content (AvgIpc) is 4.00. The van der Waals surface area contributed by atoms with Crippen molar-refractivity contribution in [3.63, 3.8) is 0 Å². The number of nitrogens with one attached hydrogen (secondary N) is 2. The minimum Gasteiger partial charge on any atom is -0.504 e. The van der Waals surface area contributed by atoms with Gasteiger partial charge in [0.1, 0.15) is 11.9 Å². The van der Waals surface area contributed by atoms with Gasteiger partial charge in [0, 0.05) is 89.7 Å². The fourth-order valence-corrected chi connectivity index (χ4v) is 17.7. The van der Waals surface area contributed by atoms with Gasteiger partial charge in [0.25, 0.3) is 0 Å². The van der Waals surface area contributed by atoms with Crippen molar-refractivity contribution >= 4 is 21.6 Å². The Balaban J connectivity index is 0.978. The number of aromatic hydroxyl groups is 1. The second-order valence-electron chi connectivity index (χ2n) is 23.2. The van der Waals surface area contributed by atoms with E-state index in [4.69, 9.17) is 10.5 Å². The third kappa shape index (κ3) is 10.7. The molecule has 3 aromatic carbocycles. The first-order valence-electron chi connectivity index (χ1n) is 28.3. The van der Waals surface area contributed by atoms with Crippen LogP contribution in [0.5, 0.6) is 11.5 Å². The van der Waals surface area contributed by atoms with E-state index >= 15 is 0 Å². The zero-order valence-electron chi connectivity index (χ0n) is 44.0. The number of ether oxygens (including phenoxy) is 1. The summed E-state index contributed by atoms with van der Waals surface area (Å²) in [7, 11) is 3.24. The molecule has 11 N–H and O–H groups in total. The molecule has 11 nitrogen and oxygen atoms in total. The van der Waals surface area contributed by atoms with Crippen LogP contribution in [0.15, 0.2) is 138 Å². The van der Waals surface area contributed by atoms with Crippen LogP contribution in [0.4, 0.5) is 0 Å². The number of allylic oxidation sites excluding steroid dienone is 4. The summed E-state index contributed by atoms with van der Waals surface area (Å²) in [6.07, 6.45) is 10.9. The third-order valence-electron chi connectivity index (χ3n) is 19.1. The number of nitrogens with two attached hydrogens (primary N) is 1. The molecular formula is C64H77N3O8S2. The molecule has 1 spiro atoms. The van der Waals surface area contributed by atoms with Crippen molar-refractivity contribution in [2.24, 2.45) is 64.4 Å². The highest BCUT2D eigenvalue weighted by molar-refractivity contribution is 8.76. The Hall–Kier alpha value is -4.88. The van der Waals surface area contributed by atoms with Crippen LogP contribution >= 0.6 is 21.6 Å². The van der Waals surface area contributed by atoms with E-state index in [1.165, 1.54) is 11.1 Å². The van der Waals surface area contributed by atoms with Gasteiger partial charge in [-0.05, 0) is 139 Å². The third-order valence-corrected chi connectivity index (χ3v) is 21.5. The van der Waals surface area contributed by atoms with Crippen molar-refractivity contribution in [2.75, 3.05) is 31.3 Å². The van der Waals surface area contributed by atoms with E-state index in [2.05, 4.69) is 108 Å². The van der Waals surface area contributed by atoms with Gasteiger partial charge >= 0.3 is 0 Å². The van der Waals surface area contributed by atoms with E-state index in [1.54, 1.807) is 27.7 Å². The number of H-pyrrole nitrogens is 1. The summed E-state index contributed by atoms with van der Waals surface area (Å²) in [5.41, 5.74) is 14.5. The zero-order chi connectivity index (χ0) is 53.4. The smallest absolute Gasteiger partial charge is 0.161 e. The van der Waals surface area contributed by atoms with E-state index in [1.807, 2.05) is 30.5 Å². The molecule has 13 heteroatoms. The lowest BCUT2D eigenvalue weighted by Crippen LogP contribution is -2.55. The fraction of sp³-hybridized carbons (Fsp3) is 0.500. The monoisotopic (exact) mass is 1080 g/mol. The minimum atomic E-state index is -1.08. The molecular weight excluding hydrogens is 1000 g/mol. The summed E-state index contributed by atoms with van der Waals surface area (Å²) in [4.78, 5) is 3.37. The van der Waals surface area contributed by atoms with Crippen LogP contribution < -0.4 is 15.8 Å². The Morgan fingerprint density at radius 1 is 0.857 bits per heavy atom. The van der Waals surface area contributed by atoms with E-state index in [0.29, 0.717) is 62.4 Å². The number of phenolic OH excluding ortho intramolecular Hbond substituents is 1. The highest BCUT2D eigenvalue weighted by Gasteiger charge is 2.58. The minimum absolute atomic E-state index is 0.00936. The van der Waals surface area contributed by atoms with Gasteiger partial charge in [-0.15, -0.1) is 0 Å². The van der Waals surface area contributed by atoms with Gasteiger partial charge < -0.3 is 56.5 Å². The number of phenols is 1. The molecule has 7 aliphatic rings. The molecule has 1 saturated heterocycles. The van der Waals surface area contributed by atoms with Gasteiger partial charge in [0.2, 0.25) is 0 Å². The van der Waals surface area contributed by atoms with Gasteiger partial charge in [-0.2, -0.15) is 0 Å². The number of aromatic nitrogens is 1. The molecule has 11 rings (SSSR count). The van der Waals surface area contributed by atoms with E-state index < -0.39 is 53.7 Å². The summed E-state index contributed by atoms with van der Waals surface area (Å²) >= 11 is 0. The SMILES string of the molecule is CCC1Cc2cc(O)c(OC3CC(Cc4ccc[nH]4)C4=CCNC(N)=C4CSSCC(CO)C3O)cc2C2CC(O)C3C(C#CC45CC(c6ccccc6)C(Cc6ccccc6)C(C=CC4C(O)CCC3O)C5CO)C=C12. The van der Waals surface area contributed by atoms with Crippen molar-refractivity contribution in [3.8, 4) is 23.3 Å². The number of aliphatic hydroxyl groups excluding tert-OH is 6. The standard InChI is InChI=1S/C64H77N3O8S2/c1-2-38-25-41-28-57(72)59(75-60-29-42(26-44-14-9-22-66-44)45-20-23-67-63(65)52(45)36-77-76-35-43(33-68)62(60)74)31-48(41)50-30-58(73)61-40(27-47(38)50)19-21-64-32-51(39-12-7-4-8-13-39)49(24-37-10-5-3-6-11-37)46(54(64)34-69)15-16-53(64)55(70)17-18-56(61)71/h3-16,20,22,27-28,31,38,40,42-43,46,49-51,53-56,58,60-62,66-74H,2,17-18,23-26,29-30,32-36,65H2,1H3. The topological polar surface area (TPSA) is 205 Å². The maximum atomic E-state index is 12.7. The lowest BCUT2D eigenvalue weighted by Gasteiger charge is -2.57. The van der Waals surface area contributed by atoms with Gasteiger partial charge in [0.15, 0.2) is 11.5 Å². The maximum absolute atomic E-state index is 12.7. The summed E-state index contributed by atoms with van der Waals surface area (Å²) in [5, 5.41) is 87.4. The molecule has 2 fully saturated rings. The molecule has 77 heavy (non-hydrogen) atoms. The summed E-state index contributed by atoms with van der Waals surface area (Å²) in [5.74, 6) is 7.22. The summed E-state index contributed by atoms with van der Waals surface area (Å²) in [6, 6.07) is 29.0. The Kier molecular flexibility index (Phi) is 16.5. The molecule has 3 heterocycles. The second-order valence-corrected chi connectivity index (χ2v) is 25.7. The van der Waals surface area contributed by atoms with E-state index in [9.17, 15) is 35.7 Å². The Bertz CT molecular complexity index is 2880. The van der Waals surface area contributed by atoms with Crippen molar-refractivity contribution in [2.45, 2.75) is 107 Å². The van der Waals surface area contributed by atoms with Crippen LogP contribution in [0.25, 0.3) is 0 Å². The Labute approximate surface area is 462 Å². The highest BCUT2D eigenvalue weighted by Crippen LogP contribution is 2.61. The first kappa shape index (κ1) is 54.1. The van der Waals surface area contributed by atoms with Crippen molar-refractivity contribution in [1.82, 2.24) is 10.3 Å². The molecule has 17 atom stereocenters. The molecule has 1 aromatic heterocycles. The van der Waals surface area contributed by atoms with E-state index in [0.717, 1.165) is 46.4 Å². The first-order chi connectivity index (χ1) is 37.5. The number of rotatable bonds is 10. The summed E-state index contributed by atoms with van der Waals surface area (Å²) in [6.45, 7) is 2.42. The number of hydrogen-bond acceptors (Lipinski definition) is 12. The van der Waals surface area contributed by atoms with Crippen LogP contribution in [0.3, 0.4) is 0 Å². The van der Waals surface area contributed by atoms with E-state index in [-0.39, 0.29) is 78.5 Å². The number of aromatic amines is 1. The van der Waals surface area contributed by atoms with Crippen LogP contribution in [0, 0.1) is 70.5 Å². The van der Waals surface area contributed by atoms with Crippen LogP contribution in [-0.2, 0) is 19.3 Å². The van der Waals surface area contributed by atoms with Crippen LogP contribution in [0.2, 0.25) is 0 Å². The number of benzene rings is 3. The Morgan fingerprint density at radius 2 is 1.65 bits per heavy atom. The molecule has 0 amide bonds. The van der Waals surface area contributed by atoms with Crippen molar-refractivity contribution in [3.05, 3.63) is 166 Å². The van der Waals surface area contributed by atoms with Gasteiger partial charge in [-0.25, -0.2) is 0 Å². The molecule has 17 unspecified atom stereocenters. The van der Waals surface area contributed by atoms with Gasteiger partial charge in [-0.1, -0.05) is 131 Å². The van der Waals surface area contributed by atoms with Gasteiger partial charge in [-0.3, -0.25) is 0 Å². The normalized spacial score (nSPS) is 36.0. The predicted molar refractivity (Wildman–Crippen MR) is 305 cm³/mol. The zero-order valence-corrected chi connectivity index (χ0v) is 45.7. The molecule has 2 aliphatic heterocycles. The molecule has 5 aliphatic carbocycles. The predicted octanol–water partition coefficient (Wildman–Crippen LogP) is 8.33. The average molecular weight is 1080 g/mol. The number of dihydropyridines is 1. The van der Waals surface area contributed by atoms with Crippen molar-refractivity contribution in [1.29, 1.82) is 0 Å². The first-order valence-corrected chi connectivity index (χ1v) is 30.7. The second kappa shape index (κ2) is 23.4. The van der Waals surface area contributed by atoms with Crippen LogP contribution in [-0.4, -0.2) is 103 Å². The van der Waals surface area contributed by atoms with Crippen molar-refractivity contribution < 1.29 is 40.5 Å². The molecule has 2 bridgehead atoms. The Morgan fingerprint density at radius 3 is 2.40 bits per heavy atom.